The number of hydrogen-bond donors (Lipinski definition) is 0. The Balaban J connectivity index is 2.07. The maximum Gasteiger partial charge on any atom is 0.338 e. The fourth-order valence-electron chi connectivity index (χ4n) is 2.32. The second-order valence-electron chi connectivity index (χ2n) is 5.13. The van der Waals surface area contributed by atoms with Crippen molar-refractivity contribution < 1.29 is 18.8 Å². The van der Waals surface area contributed by atoms with Gasteiger partial charge in [0.1, 0.15) is 17.1 Å². The molecule has 1 aromatic heterocycles. The Morgan fingerprint density at radius 1 is 0.957 bits per heavy atom. The number of furan rings is 1. The zero-order chi connectivity index (χ0) is 16.6. The fourth-order valence-corrected chi connectivity index (χ4v) is 2.32. The summed E-state index contributed by atoms with van der Waals surface area (Å²) in [5, 5.41) is 0. The highest BCUT2D eigenvalue weighted by atomic mass is 16.3. The van der Waals surface area contributed by atoms with E-state index >= 15 is 0 Å². The molecule has 0 bridgehead atoms. The van der Waals surface area contributed by atoms with Crippen LogP contribution in [0.3, 0.4) is 0 Å². The van der Waals surface area contributed by atoms with E-state index < -0.39 is 17.8 Å². The van der Waals surface area contributed by atoms with E-state index in [1.807, 2.05) is 0 Å². The Bertz CT molecular complexity index is 820. The number of nitrogens with zero attached hydrogens (tertiary/aromatic N) is 2. The molecule has 6 nitrogen and oxygen atoms in total. The van der Waals surface area contributed by atoms with E-state index in [1.165, 1.54) is 13.1 Å². The predicted molar refractivity (Wildman–Crippen MR) is 83.5 cm³/mol. The number of anilines is 1. The molecular weight excluding hydrogens is 296 g/mol. The lowest BCUT2D eigenvalue weighted by Crippen LogP contribution is -2.55. The number of para-hydroxylation sites is 1. The van der Waals surface area contributed by atoms with Crippen LogP contribution in [0, 0.1) is 6.92 Å². The molecule has 0 N–H and O–H groups in total. The number of benzene rings is 1. The van der Waals surface area contributed by atoms with Crippen molar-refractivity contribution in [3.8, 4) is 0 Å². The molecule has 1 aromatic carbocycles. The van der Waals surface area contributed by atoms with Crippen molar-refractivity contribution in [2.45, 2.75) is 6.92 Å². The number of imide groups is 2. The minimum atomic E-state index is -0.682. The average molecular weight is 310 g/mol. The van der Waals surface area contributed by atoms with E-state index in [0.29, 0.717) is 17.2 Å². The number of carbonyl (C=O) groups is 3. The van der Waals surface area contributed by atoms with Crippen LogP contribution in [-0.4, -0.2) is 29.8 Å². The summed E-state index contributed by atoms with van der Waals surface area (Å²) in [4.78, 5) is 39.1. The number of likely N-dealkylation sites (N-methyl/N-ethyl adjacent to an activating group) is 1. The number of carbonyl (C=O) groups excluding carboxylic acids is 3. The number of hydrogen-bond acceptors (Lipinski definition) is 4. The third-order valence-electron chi connectivity index (χ3n) is 3.51. The van der Waals surface area contributed by atoms with Crippen LogP contribution in [0.1, 0.15) is 11.5 Å². The van der Waals surface area contributed by atoms with Gasteiger partial charge in [-0.25, -0.2) is 9.69 Å². The van der Waals surface area contributed by atoms with Crippen LogP contribution < -0.4 is 4.90 Å². The Morgan fingerprint density at radius 2 is 1.65 bits per heavy atom. The van der Waals surface area contributed by atoms with Crippen molar-refractivity contribution in [1.29, 1.82) is 0 Å². The van der Waals surface area contributed by atoms with Crippen molar-refractivity contribution in [3.05, 3.63) is 59.6 Å². The van der Waals surface area contributed by atoms with Gasteiger partial charge in [-0.1, -0.05) is 18.2 Å². The third kappa shape index (κ3) is 2.55. The van der Waals surface area contributed by atoms with Gasteiger partial charge in [-0.2, -0.15) is 0 Å². The molecule has 6 heteroatoms. The molecule has 1 aliphatic heterocycles. The van der Waals surface area contributed by atoms with Crippen molar-refractivity contribution >= 4 is 29.6 Å². The Kier molecular flexibility index (Phi) is 3.57. The summed E-state index contributed by atoms with van der Waals surface area (Å²) < 4.78 is 5.38. The maximum atomic E-state index is 12.7. The largest absolute Gasteiger partial charge is 0.462 e. The lowest BCUT2D eigenvalue weighted by atomic mass is 10.1. The SMILES string of the molecule is Cc1ccc(/C=C2\C(=O)N(C)C(=O)N(c3ccccc3)C2=O)o1. The van der Waals surface area contributed by atoms with E-state index in [9.17, 15) is 14.4 Å². The minimum absolute atomic E-state index is 0.120. The molecular formula is C17H14N2O4. The van der Waals surface area contributed by atoms with Gasteiger partial charge in [0, 0.05) is 7.05 Å². The second-order valence-corrected chi connectivity index (χ2v) is 5.13. The number of urea groups is 1. The Hall–Kier alpha value is -3.15. The summed E-state index contributed by atoms with van der Waals surface area (Å²) in [6.07, 6.45) is 1.36. The number of barbiturate groups is 1. The van der Waals surface area contributed by atoms with Crippen molar-refractivity contribution in [2.24, 2.45) is 0 Å². The zero-order valence-corrected chi connectivity index (χ0v) is 12.6. The van der Waals surface area contributed by atoms with Gasteiger partial charge in [0.05, 0.1) is 5.69 Å². The monoisotopic (exact) mass is 310 g/mol. The molecule has 0 saturated carbocycles. The molecule has 0 spiro atoms. The summed E-state index contributed by atoms with van der Waals surface area (Å²) in [7, 11) is 1.34. The fraction of sp³-hybridized carbons (Fsp3) is 0.118. The van der Waals surface area contributed by atoms with E-state index in [-0.39, 0.29) is 5.57 Å². The molecule has 23 heavy (non-hydrogen) atoms. The number of rotatable bonds is 2. The molecule has 116 valence electrons. The first kappa shape index (κ1) is 14.8. The lowest BCUT2D eigenvalue weighted by molar-refractivity contribution is -0.128. The van der Waals surface area contributed by atoms with Gasteiger partial charge in [0.25, 0.3) is 11.8 Å². The summed E-state index contributed by atoms with van der Waals surface area (Å²) in [6, 6.07) is 11.2. The molecule has 1 saturated heterocycles. The highest BCUT2D eigenvalue weighted by molar-refractivity contribution is 6.38. The summed E-state index contributed by atoms with van der Waals surface area (Å²) in [5.41, 5.74) is 0.286. The van der Waals surface area contributed by atoms with Gasteiger partial charge in [0.15, 0.2) is 0 Å². The molecule has 2 heterocycles. The zero-order valence-electron chi connectivity index (χ0n) is 12.6. The van der Waals surface area contributed by atoms with Gasteiger partial charge in [-0.15, -0.1) is 0 Å². The van der Waals surface area contributed by atoms with E-state index in [4.69, 9.17) is 4.42 Å². The lowest BCUT2D eigenvalue weighted by Gasteiger charge is -2.31. The van der Waals surface area contributed by atoms with Gasteiger partial charge in [-0.3, -0.25) is 14.5 Å². The quantitative estimate of drug-likeness (QED) is 0.631. The maximum absolute atomic E-state index is 12.7. The first-order valence-electron chi connectivity index (χ1n) is 6.98. The highest BCUT2D eigenvalue weighted by Gasteiger charge is 2.41. The van der Waals surface area contributed by atoms with Gasteiger partial charge in [0.2, 0.25) is 0 Å². The molecule has 0 unspecified atom stereocenters. The van der Waals surface area contributed by atoms with Crippen LogP contribution in [0.2, 0.25) is 0 Å². The third-order valence-corrected chi connectivity index (χ3v) is 3.51. The first-order valence-corrected chi connectivity index (χ1v) is 6.98. The minimum Gasteiger partial charge on any atom is -0.462 e. The van der Waals surface area contributed by atoms with E-state index in [0.717, 1.165) is 9.80 Å². The molecule has 0 radical (unpaired) electrons. The smallest absolute Gasteiger partial charge is 0.338 e. The van der Waals surface area contributed by atoms with Gasteiger partial charge in [-0.05, 0) is 37.3 Å². The standard InChI is InChI=1S/C17H14N2O4/c1-11-8-9-13(23-11)10-14-15(20)18(2)17(22)19(16(14)21)12-6-4-3-5-7-12/h3-10H,1-2H3/b14-10+. The summed E-state index contributed by atoms with van der Waals surface area (Å²) >= 11 is 0. The molecule has 1 fully saturated rings. The second kappa shape index (κ2) is 5.57. The molecule has 3 rings (SSSR count). The summed E-state index contributed by atoms with van der Waals surface area (Å²) in [6.45, 7) is 1.76. The van der Waals surface area contributed by atoms with Crippen molar-refractivity contribution in [3.63, 3.8) is 0 Å². The van der Waals surface area contributed by atoms with Crippen LogP contribution in [0.5, 0.6) is 0 Å². The van der Waals surface area contributed by atoms with Gasteiger partial charge < -0.3 is 4.42 Å². The molecule has 1 aliphatic rings. The first-order chi connectivity index (χ1) is 11.0. The van der Waals surface area contributed by atoms with Crippen molar-refractivity contribution in [1.82, 2.24) is 4.90 Å². The van der Waals surface area contributed by atoms with Crippen LogP contribution >= 0.6 is 0 Å². The molecule has 4 amide bonds. The van der Waals surface area contributed by atoms with Crippen LogP contribution in [-0.2, 0) is 9.59 Å². The van der Waals surface area contributed by atoms with E-state index in [1.54, 1.807) is 49.4 Å². The average Bonchev–Trinajstić information content (AvgIpc) is 2.96. The Labute approximate surface area is 132 Å². The van der Waals surface area contributed by atoms with Crippen molar-refractivity contribution in [2.75, 3.05) is 11.9 Å². The normalized spacial score (nSPS) is 17.3. The number of amides is 4. The topological polar surface area (TPSA) is 70.8 Å². The molecule has 0 atom stereocenters. The van der Waals surface area contributed by atoms with Crippen LogP contribution in [0.4, 0.5) is 10.5 Å². The van der Waals surface area contributed by atoms with Crippen LogP contribution in [0.25, 0.3) is 6.08 Å². The molecule has 2 aromatic rings. The number of aryl methyl sites for hydroxylation is 1. The highest BCUT2D eigenvalue weighted by Crippen LogP contribution is 2.25. The predicted octanol–water partition coefficient (Wildman–Crippen LogP) is 2.60. The van der Waals surface area contributed by atoms with Crippen LogP contribution in [0.15, 0.2) is 52.5 Å². The summed E-state index contributed by atoms with van der Waals surface area (Å²) in [5.74, 6) is -0.272. The van der Waals surface area contributed by atoms with Gasteiger partial charge >= 0.3 is 6.03 Å². The Morgan fingerprint density at radius 3 is 2.26 bits per heavy atom. The molecule has 0 aliphatic carbocycles. The van der Waals surface area contributed by atoms with E-state index in [2.05, 4.69) is 0 Å².